The Morgan fingerprint density at radius 1 is 1.12 bits per heavy atom. The monoisotopic (exact) mass is 230 g/mol. The molecule has 0 unspecified atom stereocenters. The molecule has 0 aliphatic carbocycles. The Hall–Kier alpha value is -1.68. The number of aryl methyl sites for hydroxylation is 3. The summed E-state index contributed by atoms with van der Waals surface area (Å²) in [5.41, 5.74) is 6.84. The molecule has 0 atom stereocenters. The number of nitrogens with two attached hydrogens (primary N) is 1. The first-order valence-electron chi connectivity index (χ1n) is 5.92. The second kappa shape index (κ2) is 5.59. The lowest BCUT2D eigenvalue weighted by atomic mass is 10.1. The third-order valence-electron chi connectivity index (χ3n) is 2.75. The molecule has 90 valence electrons. The zero-order valence-corrected chi connectivity index (χ0v) is 10.1. The Bertz CT molecular complexity index is 462. The van der Waals surface area contributed by atoms with Crippen molar-refractivity contribution in [3.63, 3.8) is 0 Å². The van der Waals surface area contributed by atoms with E-state index in [9.17, 15) is 0 Å². The summed E-state index contributed by atoms with van der Waals surface area (Å²) in [6.07, 6.45) is 2.64. The van der Waals surface area contributed by atoms with E-state index in [-0.39, 0.29) is 0 Å². The minimum Gasteiger partial charge on any atom is -0.330 e. The maximum Gasteiger partial charge on any atom is 0.151 e. The van der Waals surface area contributed by atoms with E-state index in [2.05, 4.69) is 34.3 Å². The minimum absolute atomic E-state index is 0.616. The number of rotatable bonds is 5. The molecule has 0 fully saturated rings. The number of hydrogen-bond donors (Lipinski definition) is 1. The van der Waals surface area contributed by atoms with E-state index >= 15 is 0 Å². The van der Waals surface area contributed by atoms with Crippen LogP contribution < -0.4 is 5.73 Å². The fourth-order valence-electron chi connectivity index (χ4n) is 1.83. The Kier molecular flexibility index (Phi) is 3.88. The Morgan fingerprint density at radius 3 is 2.59 bits per heavy atom. The van der Waals surface area contributed by atoms with Gasteiger partial charge >= 0.3 is 0 Å². The molecular weight excluding hydrogens is 212 g/mol. The highest BCUT2D eigenvalue weighted by Crippen LogP contribution is 2.05. The van der Waals surface area contributed by atoms with Crippen molar-refractivity contribution in [1.82, 2.24) is 14.8 Å². The first kappa shape index (κ1) is 11.8. The molecular formula is C13H18N4. The topological polar surface area (TPSA) is 56.7 Å². The van der Waals surface area contributed by atoms with Crippen LogP contribution in [0.4, 0.5) is 0 Å². The standard InChI is InChI=1S/C13H18N4/c1-17-13(9-10-14)15-12(16-17)8-7-11-5-3-2-4-6-11/h2-6H,7-10,14H2,1H3. The summed E-state index contributed by atoms with van der Waals surface area (Å²) in [5, 5.41) is 4.39. The smallest absolute Gasteiger partial charge is 0.151 e. The van der Waals surface area contributed by atoms with Crippen molar-refractivity contribution in [2.45, 2.75) is 19.3 Å². The first-order chi connectivity index (χ1) is 8.29. The lowest BCUT2D eigenvalue weighted by Crippen LogP contribution is -2.08. The van der Waals surface area contributed by atoms with Crippen LogP contribution in [0.5, 0.6) is 0 Å². The summed E-state index contributed by atoms with van der Waals surface area (Å²) in [6.45, 7) is 0.616. The fourth-order valence-corrected chi connectivity index (χ4v) is 1.83. The molecule has 0 radical (unpaired) electrons. The van der Waals surface area contributed by atoms with Gasteiger partial charge in [0.15, 0.2) is 5.82 Å². The molecule has 0 aliphatic heterocycles. The number of aromatic nitrogens is 3. The highest BCUT2D eigenvalue weighted by Gasteiger charge is 2.06. The van der Waals surface area contributed by atoms with Gasteiger partial charge < -0.3 is 5.73 Å². The van der Waals surface area contributed by atoms with Crippen molar-refractivity contribution in [3.8, 4) is 0 Å². The maximum absolute atomic E-state index is 5.52. The van der Waals surface area contributed by atoms with E-state index in [4.69, 9.17) is 5.73 Å². The lowest BCUT2D eigenvalue weighted by Gasteiger charge is -1.96. The summed E-state index contributed by atoms with van der Waals surface area (Å²) in [6, 6.07) is 10.4. The molecule has 2 N–H and O–H groups in total. The van der Waals surface area contributed by atoms with E-state index in [1.807, 2.05) is 17.8 Å². The van der Waals surface area contributed by atoms with Crippen molar-refractivity contribution >= 4 is 0 Å². The molecule has 0 bridgehead atoms. The van der Waals surface area contributed by atoms with Crippen molar-refractivity contribution in [2.75, 3.05) is 6.54 Å². The van der Waals surface area contributed by atoms with Crippen LogP contribution in [-0.4, -0.2) is 21.3 Å². The van der Waals surface area contributed by atoms with Crippen LogP contribution in [0.2, 0.25) is 0 Å². The van der Waals surface area contributed by atoms with E-state index < -0.39 is 0 Å². The van der Waals surface area contributed by atoms with Crippen LogP contribution in [0, 0.1) is 0 Å². The number of hydrogen-bond acceptors (Lipinski definition) is 3. The van der Waals surface area contributed by atoms with Gasteiger partial charge in [-0.05, 0) is 18.5 Å². The van der Waals surface area contributed by atoms with Gasteiger partial charge in [0.2, 0.25) is 0 Å². The highest BCUT2D eigenvalue weighted by atomic mass is 15.3. The molecule has 0 spiro atoms. The largest absolute Gasteiger partial charge is 0.330 e. The van der Waals surface area contributed by atoms with Crippen molar-refractivity contribution in [2.24, 2.45) is 12.8 Å². The van der Waals surface area contributed by atoms with E-state index in [0.717, 1.165) is 30.9 Å². The van der Waals surface area contributed by atoms with Crippen molar-refractivity contribution in [1.29, 1.82) is 0 Å². The molecule has 1 heterocycles. The van der Waals surface area contributed by atoms with Crippen molar-refractivity contribution < 1.29 is 0 Å². The van der Waals surface area contributed by atoms with Gasteiger partial charge in [0.25, 0.3) is 0 Å². The van der Waals surface area contributed by atoms with Gasteiger partial charge in [-0.15, -0.1) is 0 Å². The van der Waals surface area contributed by atoms with Crippen molar-refractivity contribution in [3.05, 3.63) is 47.5 Å². The second-order valence-corrected chi connectivity index (χ2v) is 4.09. The molecule has 1 aromatic heterocycles. The summed E-state index contributed by atoms with van der Waals surface area (Å²) in [7, 11) is 1.92. The minimum atomic E-state index is 0.616. The molecule has 2 rings (SSSR count). The van der Waals surface area contributed by atoms with Crippen LogP contribution in [0.3, 0.4) is 0 Å². The maximum atomic E-state index is 5.52. The van der Waals surface area contributed by atoms with Gasteiger partial charge in [0.1, 0.15) is 5.82 Å². The Morgan fingerprint density at radius 2 is 1.88 bits per heavy atom. The predicted molar refractivity (Wildman–Crippen MR) is 67.6 cm³/mol. The zero-order valence-electron chi connectivity index (χ0n) is 10.1. The SMILES string of the molecule is Cn1nc(CCc2ccccc2)nc1CCN. The predicted octanol–water partition coefficient (Wildman–Crippen LogP) is 1.10. The summed E-state index contributed by atoms with van der Waals surface area (Å²) in [5.74, 6) is 1.87. The average Bonchev–Trinajstić information content (AvgIpc) is 2.70. The molecule has 4 nitrogen and oxygen atoms in total. The molecule has 0 amide bonds. The van der Waals surface area contributed by atoms with E-state index in [1.54, 1.807) is 0 Å². The van der Waals surface area contributed by atoms with Crippen LogP contribution in [0.15, 0.2) is 30.3 Å². The summed E-state index contributed by atoms with van der Waals surface area (Å²) >= 11 is 0. The molecule has 2 aromatic rings. The van der Waals surface area contributed by atoms with E-state index in [0.29, 0.717) is 6.54 Å². The quantitative estimate of drug-likeness (QED) is 0.837. The Labute approximate surface area is 101 Å². The third-order valence-corrected chi connectivity index (χ3v) is 2.75. The van der Waals surface area contributed by atoms with E-state index in [1.165, 1.54) is 5.56 Å². The molecule has 0 aliphatic rings. The van der Waals surface area contributed by atoms with Gasteiger partial charge in [-0.2, -0.15) is 5.10 Å². The van der Waals surface area contributed by atoms with Gasteiger partial charge in [-0.3, -0.25) is 4.68 Å². The molecule has 4 heteroatoms. The third kappa shape index (κ3) is 3.14. The van der Waals surface area contributed by atoms with Crippen LogP contribution >= 0.6 is 0 Å². The summed E-state index contributed by atoms with van der Waals surface area (Å²) in [4.78, 5) is 4.49. The lowest BCUT2D eigenvalue weighted by molar-refractivity contribution is 0.688. The van der Waals surface area contributed by atoms with Crippen LogP contribution in [0.1, 0.15) is 17.2 Å². The Balaban J connectivity index is 1.97. The normalized spacial score (nSPS) is 10.7. The van der Waals surface area contributed by atoms with Crippen LogP contribution in [-0.2, 0) is 26.3 Å². The van der Waals surface area contributed by atoms with Crippen LogP contribution in [0.25, 0.3) is 0 Å². The zero-order chi connectivity index (χ0) is 12.1. The highest BCUT2D eigenvalue weighted by molar-refractivity contribution is 5.15. The fraction of sp³-hybridized carbons (Fsp3) is 0.385. The molecule has 1 aromatic carbocycles. The average molecular weight is 230 g/mol. The van der Waals surface area contributed by atoms with Gasteiger partial charge in [0, 0.05) is 19.9 Å². The van der Waals surface area contributed by atoms with Gasteiger partial charge in [-0.1, -0.05) is 30.3 Å². The summed E-state index contributed by atoms with van der Waals surface area (Å²) < 4.78 is 1.83. The molecule has 0 saturated carbocycles. The molecule has 0 saturated heterocycles. The first-order valence-corrected chi connectivity index (χ1v) is 5.92. The number of benzene rings is 1. The second-order valence-electron chi connectivity index (χ2n) is 4.09. The number of nitrogens with zero attached hydrogens (tertiary/aromatic N) is 3. The molecule has 17 heavy (non-hydrogen) atoms. The van der Waals surface area contributed by atoms with Gasteiger partial charge in [-0.25, -0.2) is 4.98 Å². The van der Waals surface area contributed by atoms with Gasteiger partial charge in [0.05, 0.1) is 0 Å².